The molecule has 0 bridgehead atoms. The van der Waals surface area contributed by atoms with Gasteiger partial charge in [-0.1, -0.05) is 13.8 Å². The van der Waals surface area contributed by atoms with Gasteiger partial charge in [-0.2, -0.15) is 0 Å². The number of carbonyl (C=O) groups excluding carboxylic acids is 1. The van der Waals surface area contributed by atoms with Gasteiger partial charge in [-0.05, 0) is 24.1 Å². The van der Waals surface area contributed by atoms with Crippen molar-refractivity contribution in [3.63, 3.8) is 0 Å². The van der Waals surface area contributed by atoms with E-state index >= 15 is 0 Å². The predicted molar refractivity (Wildman–Crippen MR) is 62.6 cm³/mol. The zero-order valence-electron chi connectivity index (χ0n) is 9.83. The number of halogens is 1. The van der Waals surface area contributed by atoms with E-state index in [1.54, 1.807) is 7.05 Å². The van der Waals surface area contributed by atoms with Crippen molar-refractivity contribution in [3.8, 4) is 0 Å². The molecule has 1 aromatic carbocycles. The number of amides is 1. The minimum Gasteiger partial charge on any atom is -0.399 e. The van der Waals surface area contributed by atoms with Crippen molar-refractivity contribution >= 4 is 11.6 Å². The number of nitrogens with zero attached hydrogens (tertiary/aromatic N) is 1. The normalized spacial score (nSPS) is 10.6. The molecule has 0 heterocycles. The summed E-state index contributed by atoms with van der Waals surface area (Å²) in [6.07, 6.45) is 0. The molecule has 2 N–H and O–H groups in total. The fourth-order valence-electron chi connectivity index (χ4n) is 1.54. The van der Waals surface area contributed by atoms with E-state index in [2.05, 4.69) is 0 Å². The van der Waals surface area contributed by atoms with Crippen molar-refractivity contribution < 1.29 is 9.18 Å². The Hall–Kier alpha value is -1.58. The van der Waals surface area contributed by atoms with Gasteiger partial charge in [0.1, 0.15) is 5.82 Å². The molecule has 0 aliphatic rings. The maximum atomic E-state index is 13.5. The quantitative estimate of drug-likeness (QED) is 0.799. The fraction of sp³-hybridized carbons (Fsp3) is 0.417. The second-order valence-electron chi connectivity index (χ2n) is 4.32. The Balaban J connectivity index is 2.88. The van der Waals surface area contributed by atoms with E-state index in [0.717, 1.165) is 6.07 Å². The van der Waals surface area contributed by atoms with Gasteiger partial charge < -0.3 is 10.6 Å². The van der Waals surface area contributed by atoms with Crippen LogP contribution >= 0.6 is 0 Å². The molecule has 0 saturated heterocycles. The second-order valence-corrected chi connectivity index (χ2v) is 4.32. The van der Waals surface area contributed by atoms with Crippen LogP contribution in [0.5, 0.6) is 0 Å². The third kappa shape index (κ3) is 2.95. The Morgan fingerprint density at radius 1 is 1.50 bits per heavy atom. The van der Waals surface area contributed by atoms with E-state index in [-0.39, 0.29) is 11.5 Å². The fourth-order valence-corrected chi connectivity index (χ4v) is 1.54. The van der Waals surface area contributed by atoms with Crippen LogP contribution < -0.4 is 5.73 Å². The highest BCUT2D eigenvalue weighted by Crippen LogP contribution is 2.14. The summed E-state index contributed by atoms with van der Waals surface area (Å²) >= 11 is 0. The summed E-state index contributed by atoms with van der Waals surface area (Å²) < 4.78 is 13.5. The van der Waals surface area contributed by atoms with E-state index in [1.165, 1.54) is 17.0 Å². The molecule has 16 heavy (non-hydrogen) atoms. The lowest BCUT2D eigenvalue weighted by Crippen LogP contribution is -2.30. The van der Waals surface area contributed by atoms with Crippen LogP contribution in [0.25, 0.3) is 0 Å². The Bertz CT molecular complexity index is 391. The zero-order chi connectivity index (χ0) is 12.3. The molecule has 1 amide bonds. The van der Waals surface area contributed by atoms with Gasteiger partial charge in [-0.15, -0.1) is 0 Å². The number of anilines is 1. The minimum absolute atomic E-state index is 0.0670. The summed E-state index contributed by atoms with van der Waals surface area (Å²) in [5, 5.41) is 0. The third-order valence-electron chi connectivity index (χ3n) is 2.21. The molecule has 3 nitrogen and oxygen atoms in total. The van der Waals surface area contributed by atoms with Crippen molar-refractivity contribution in [3.05, 3.63) is 29.6 Å². The molecule has 0 aromatic heterocycles. The molecule has 1 aromatic rings. The van der Waals surface area contributed by atoms with Gasteiger partial charge in [-0.25, -0.2) is 4.39 Å². The van der Waals surface area contributed by atoms with Gasteiger partial charge in [0.25, 0.3) is 5.91 Å². The predicted octanol–water partition coefficient (Wildman–Crippen LogP) is 2.14. The topological polar surface area (TPSA) is 46.3 Å². The molecule has 0 spiro atoms. The highest BCUT2D eigenvalue weighted by Gasteiger charge is 2.16. The average Bonchev–Trinajstić information content (AvgIpc) is 2.15. The first-order chi connectivity index (χ1) is 7.41. The summed E-state index contributed by atoms with van der Waals surface area (Å²) in [7, 11) is 1.66. The second kappa shape index (κ2) is 4.96. The van der Waals surface area contributed by atoms with Crippen LogP contribution in [0.15, 0.2) is 18.2 Å². The SMILES string of the molecule is CC(C)CN(C)C(=O)c1ccc(N)cc1F. The highest BCUT2D eigenvalue weighted by molar-refractivity contribution is 5.94. The van der Waals surface area contributed by atoms with Crippen molar-refractivity contribution in [1.29, 1.82) is 0 Å². The lowest BCUT2D eigenvalue weighted by molar-refractivity contribution is 0.0774. The lowest BCUT2D eigenvalue weighted by Gasteiger charge is -2.19. The Kier molecular flexibility index (Phi) is 3.88. The van der Waals surface area contributed by atoms with Crippen LogP contribution in [0.3, 0.4) is 0 Å². The number of hydrogen-bond acceptors (Lipinski definition) is 2. The largest absolute Gasteiger partial charge is 0.399 e. The summed E-state index contributed by atoms with van der Waals surface area (Å²) in [6.45, 7) is 4.61. The van der Waals surface area contributed by atoms with E-state index in [0.29, 0.717) is 18.2 Å². The molecule has 0 atom stereocenters. The average molecular weight is 224 g/mol. The van der Waals surface area contributed by atoms with E-state index < -0.39 is 5.82 Å². The number of hydrogen-bond donors (Lipinski definition) is 1. The number of nitrogen functional groups attached to an aromatic ring is 1. The van der Waals surface area contributed by atoms with Crippen molar-refractivity contribution in [2.75, 3.05) is 19.3 Å². The number of rotatable bonds is 3. The minimum atomic E-state index is -0.569. The molecule has 0 fully saturated rings. The Morgan fingerprint density at radius 3 is 2.62 bits per heavy atom. The van der Waals surface area contributed by atoms with Gasteiger partial charge >= 0.3 is 0 Å². The summed E-state index contributed by atoms with van der Waals surface area (Å²) in [5.41, 5.74) is 5.81. The maximum absolute atomic E-state index is 13.5. The van der Waals surface area contributed by atoms with E-state index in [9.17, 15) is 9.18 Å². The van der Waals surface area contributed by atoms with Crippen molar-refractivity contribution in [2.45, 2.75) is 13.8 Å². The first-order valence-electron chi connectivity index (χ1n) is 5.22. The smallest absolute Gasteiger partial charge is 0.256 e. The molecular weight excluding hydrogens is 207 g/mol. The summed E-state index contributed by atoms with van der Waals surface area (Å²) in [5.74, 6) is -0.530. The van der Waals surface area contributed by atoms with Crippen LogP contribution in [0.1, 0.15) is 24.2 Å². The maximum Gasteiger partial charge on any atom is 0.256 e. The molecule has 88 valence electrons. The molecule has 1 rings (SSSR count). The van der Waals surface area contributed by atoms with E-state index in [1.807, 2.05) is 13.8 Å². The zero-order valence-corrected chi connectivity index (χ0v) is 9.83. The van der Waals surface area contributed by atoms with Crippen LogP contribution in [-0.4, -0.2) is 24.4 Å². The number of carbonyl (C=O) groups is 1. The van der Waals surface area contributed by atoms with Crippen LogP contribution in [0.4, 0.5) is 10.1 Å². The Morgan fingerprint density at radius 2 is 2.12 bits per heavy atom. The number of benzene rings is 1. The highest BCUT2D eigenvalue weighted by atomic mass is 19.1. The van der Waals surface area contributed by atoms with Crippen molar-refractivity contribution in [2.24, 2.45) is 5.92 Å². The number of nitrogens with two attached hydrogens (primary N) is 1. The molecule has 0 saturated carbocycles. The molecular formula is C12H17FN2O. The van der Waals surface area contributed by atoms with Gasteiger partial charge in [0.2, 0.25) is 0 Å². The van der Waals surface area contributed by atoms with Gasteiger partial charge in [0.15, 0.2) is 0 Å². The molecule has 0 aliphatic heterocycles. The summed E-state index contributed by atoms with van der Waals surface area (Å²) in [6, 6.07) is 4.11. The third-order valence-corrected chi connectivity index (χ3v) is 2.21. The molecule has 0 radical (unpaired) electrons. The van der Waals surface area contributed by atoms with Crippen molar-refractivity contribution in [1.82, 2.24) is 4.90 Å². The first kappa shape index (κ1) is 12.5. The van der Waals surface area contributed by atoms with Gasteiger partial charge in [0, 0.05) is 19.3 Å². The van der Waals surface area contributed by atoms with Crippen LogP contribution in [0.2, 0.25) is 0 Å². The molecule has 0 aliphatic carbocycles. The van der Waals surface area contributed by atoms with Gasteiger partial charge in [0.05, 0.1) is 5.56 Å². The molecule has 0 unspecified atom stereocenters. The Labute approximate surface area is 95.0 Å². The van der Waals surface area contributed by atoms with Crippen LogP contribution in [0, 0.1) is 11.7 Å². The van der Waals surface area contributed by atoms with Crippen LogP contribution in [-0.2, 0) is 0 Å². The van der Waals surface area contributed by atoms with E-state index in [4.69, 9.17) is 5.73 Å². The monoisotopic (exact) mass is 224 g/mol. The van der Waals surface area contributed by atoms with Gasteiger partial charge in [-0.3, -0.25) is 4.79 Å². The molecule has 4 heteroatoms. The lowest BCUT2D eigenvalue weighted by atomic mass is 10.1. The first-order valence-corrected chi connectivity index (χ1v) is 5.22. The standard InChI is InChI=1S/C12H17FN2O/c1-8(2)7-15(3)12(16)10-5-4-9(14)6-11(10)13/h4-6,8H,7,14H2,1-3H3. The summed E-state index contributed by atoms with van der Waals surface area (Å²) in [4.78, 5) is 13.4.